The molecule has 0 aliphatic carbocycles. The molecule has 0 fully saturated rings. The molecule has 1 unspecified atom stereocenters. The van der Waals surface area contributed by atoms with E-state index >= 15 is 0 Å². The Morgan fingerprint density at radius 2 is 2.00 bits per heavy atom. The van der Waals surface area contributed by atoms with Gasteiger partial charge in [-0.25, -0.2) is 0 Å². The van der Waals surface area contributed by atoms with E-state index in [9.17, 15) is 0 Å². The molecule has 0 amide bonds. The number of furan rings is 1. The number of halogens is 1. The van der Waals surface area contributed by atoms with E-state index in [1.165, 1.54) is 4.90 Å². The van der Waals surface area contributed by atoms with Crippen LogP contribution in [0.5, 0.6) is 0 Å². The number of fused-ring (bicyclic) bond motifs is 1. The van der Waals surface area contributed by atoms with E-state index in [0.29, 0.717) is 0 Å². The van der Waals surface area contributed by atoms with Crippen LogP contribution in [0.4, 0.5) is 5.69 Å². The number of thioether (sulfide) groups is 1. The molecule has 2 aromatic carbocycles. The summed E-state index contributed by atoms with van der Waals surface area (Å²) in [5.41, 5.74) is 2.02. The predicted octanol–water partition coefficient (Wildman–Crippen LogP) is 6.09. The third-order valence-corrected chi connectivity index (χ3v) is 4.60. The molecule has 0 saturated heterocycles. The molecule has 3 aromatic rings. The van der Waals surface area contributed by atoms with Crippen LogP contribution < -0.4 is 5.32 Å². The summed E-state index contributed by atoms with van der Waals surface area (Å²) in [6.45, 7) is 2.11. The number of hydrogen-bond acceptors (Lipinski definition) is 3. The minimum Gasteiger partial charge on any atom is -0.459 e. The first-order chi connectivity index (χ1) is 10.2. The van der Waals surface area contributed by atoms with E-state index in [2.05, 4.69) is 70.8 Å². The topological polar surface area (TPSA) is 25.2 Å². The highest BCUT2D eigenvalue weighted by Gasteiger charge is 2.12. The monoisotopic (exact) mass is 361 g/mol. The van der Waals surface area contributed by atoms with Crippen LogP contribution in [0.2, 0.25) is 0 Å². The molecule has 4 heteroatoms. The first kappa shape index (κ1) is 14.5. The summed E-state index contributed by atoms with van der Waals surface area (Å²) < 4.78 is 6.99. The molecular weight excluding hydrogens is 346 g/mol. The fourth-order valence-corrected chi connectivity index (χ4v) is 3.12. The molecule has 108 valence electrons. The highest BCUT2D eigenvalue weighted by atomic mass is 79.9. The van der Waals surface area contributed by atoms with E-state index in [1.807, 2.05) is 12.1 Å². The van der Waals surface area contributed by atoms with Crippen LogP contribution >= 0.6 is 27.7 Å². The average Bonchev–Trinajstić information content (AvgIpc) is 2.90. The van der Waals surface area contributed by atoms with Crippen LogP contribution in [0.3, 0.4) is 0 Å². The van der Waals surface area contributed by atoms with Crippen molar-refractivity contribution < 1.29 is 4.42 Å². The second-order valence-electron chi connectivity index (χ2n) is 4.93. The van der Waals surface area contributed by atoms with Gasteiger partial charge in [0.25, 0.3) is 0 Å². The zero-order valence-corrected chi connectivity index (χ0v) is 14.3. The Kier molecular flexibility index (Phi) is 4.27. The SMILES string of the molecule is CSc1cccc(NC(C)c2cc3cc(Br)ccc3o2)c1. The lowest BCUT2D eigenvalue weighted by Crippen LogP contribution is -2.05. The van der Waals surface area contributed by atoms with Gasteiger partial charge in [-0.2, -0.15) is 0 Å². The first-order valence-corrected chi connectivity index (χ1v) is 8.77. The highest BCUT2D eigenvalue weighted by Crippen LogP contribution is 2.29. The smallest absolute Gasteiger partial charge is 0.134 e. The van der Waals surface area contributed by atoms with Crippen molar-refractivity contribution in [3.63, 3.8) is 0 Å². The Balaban J connectivity index is 1.84. The van der Waals surface area contributed by atoms with Crippen molar-refractivity contribution in [2.45, 2.75) is 17.9 Å². The van der Waals surface area contributed by atoms with Crippen molar-refractivity contribution in [3.8, 4) is 0 Å². The Morgan fingerprint density at radius 3 is 2.81 bits per heavy atom. The molecule has 1 N–H and O–H groups in total. The summed E-state index contributed by atoms with van der Waals surface area (Å²) in [4.78, 5) is 1.25. The molecule has 1 aromatic heterocycles. The normalized spacial score (nSPS) is 12.5. The molecule has 0 bridgehead atoms. The van der Waals surface area contributed by atoms with Gasteiger partial charge >= 0.3 is 0 Å². The van der Waals surface area contributed by atoms with Gasteiger partial charge in [0, 0.05) is 20.4 Å². The molecule has 0 saturated carbocycles. The number of benzene rings is 2. The largest absolute Gasteiger partial charge is 0.459 e. The van der Waals surface area contributed by atoms with Crippen molar-refractivity contribution in [2.24, 2.45) is 0 Å². The molecule has 1 atom stereocenters. The van der Waals surface area contributed by atoms with Crippen LogP contribution in [-0.2, 0) is 0 Å². The summed E-state index contributed by atoms with van der Waals surface area (Å²) in [6.07, 6.45) is 2.08. The van der Waals surface area contributed by atoms with Crippen molar-refractivity contribution in [3.05, 3.63) is 58.8 Å². The molecule has 0 spiro atoms. The maximum atomic E-state index is 5.93. The summed E-state index contributed by atoms with van der Waals surface area (Å²) in [6, 6.07) is 16.7. The minimum atomic E-state index is 0.119. The van der Waals surface area contributed by atoms with Gasteiger partial charge in [-0.1, -0.05) is 22.0 Å². The second kappa shape index (κ2) is 6.16. The molecule has 3 rings (SSSR count). The van der Waals surface area contributed by atoms with Crippen LogP contribution in [0, 0.1) is 0 Å². The van der Waals surface area contributed by atoms with E-state index < -0.39 is 0 Å². The molecule has 21 heavy (non-hydrogen) atoms. The third-order valence-electron chi connectivity index (χ3n) is 3.38. The molecule has 0 aliphatic heterocycles. The van der Waals surface area contributed by atoms with Crippen molar-refractivity contribution in [2.75, 3.05) is 11.6 Å². The van der Waals surface area contributed by atoms with E-state index in [4.69, 9.17) is 4.42 Å². The molecule has 2 nitrogen and oxygen atoms in total. The van der Waals surface area contributed by atoms with Gasteiger partial charge in [0.1, 0.15) is 11.3 Å². The fourth-order valence-electron chi connectivity index (χ4n) is 2.28. The fraction of sp³-hybridized carbons (Fsp3) is 0.176. The molecular formula is C17H16BrNOS. The van der Waals surface area contributed by atoms with E-state index in [0.717, 1.165) is 26.9 Å². The number of anilines is 1. The quantitative estimate of drug-likeness (QED) is 0.569. The van der Waals surface area contributed by atoms with Crippen LogP contribution in [-0.4, -0.2) is 6.26 Å². The van der Waals surface area contributed by atoms with Gasteiger partial charge in [-0.15, -0.1) is 11.8 Å². The molecule has 0 radical (unpaired) electrons. The summed E-state index contributed by atoms with van der Waals surface area (Å²) >= 11 is 5.23. The van der Waals surface area contributed by atoms with Crippen LogP contribution in [0.25, 0.3) is 11.0 Å². The molecule has 1 heterocycles. The lowest BCUT2D eigenvalue weighted by Gasteiger charge is -2.13. The minimum absolute atomic E-state index is 0.119. The number of rotatable bonds is 4. The Hall–Kier alpha value is -1.39. The average molecular weight is 362 g/mol. The van der Waals surface area contributed by atoms with Gasteiger partial charge in [-0.05, 0) is 55.6 Å². The third kappa shape index (κ3) is 3.27. The summed E-state index contributed by atoms with van der Waals surface area (Å²) in [7, 11) is 0. The standard InChI is InChI=1S/C17H16BrNOS/c1-11(19-14-4-3-5-15(10-14)21-2)17-9-12-8-13(18)6-7-16(12)20-17/h3-11,19H,1-2H3. The van der Waals surface area contributed by atoms with Crippen molar-refractivity contribution >= 4 is 44.3 Å². The number of hydrogen-bond donors (Lipinski definition) is 1. The molecule has 0 aliphatic rings. The lowest BCUT2D eigenvalue weighted by atomic mass is 10.2. The maximum Gasteiger partial charge on any atom is 0.134 e. The summed E-state index contributed by atoms with van der Waals surface area (Å²) in [5, 5.41) is 4.61. The van der Waals surface area contributed by atoms with Crippen LogP contribution in [0.15, 0.2) is 62.3 Å². The van der Waals surface area contributed by atoms with Gasteiger partial charge < -0.3 is 9.73 Å². The van der Waals surface area contributed by atoms with Crippen LogP contribution in [0.1, 0.15) is 18.7 Å². The Bertz CT molecular complexity index is 768. The highest BCUT2D eigenvalue weighted by molar-refractivity contribution is 9.10. The van der Waals surface area contributed by atoms with E-state index in [-0.39, 0.29) is 6.04 Å². The van der Waals surface area contributed by atoms with Gasteiger partial charge in [0.2, 0.25) is 0 Å². The van der Waals surface area contributed by atoms with Gasteiger partial charge in [0.15, 0.2) is 0 Å². The Morgan fingerprint density at radius 1 is 1.14 bits per heavy atom. The van der Waals surface area contributed by atoms with E-state index in [1.54, 1.807) is 11.8 Å². The summed E-state index contributed by atoms with van der Waals surface area (Å²) in [5.74, 6) is 0.942. The number of nitrogens with one attached hydrogen (secondary N) is 1. The zero-order valence-electron chi connectivity index (χ0n) is 11.9. The Labute approximate surface area is 137 Å². The second-order valence-corrected chi connectivity index (χ2v) is 6.72. The zero-order chi connectivity index (χ0) is 14.8. The predicted molar refractivity (Wildman–Crippen MR) is 94.2 cm³/mol. The van der Waals surface area contributed by atoms with Gasteiger partial charge in [-0.3, -0.25) is 0 Å². The van der Waals surface area contributed by atoms with Crippen molar-refractivity contribution in [1.82, 2.24) is 0 Å². The lowest BCUT2D eigenvalue weighted by molar-refractivity contribution is 0.526. The first-order valence-electron chi connectivity index (χ1n) is 6.75. The van der Waals surface area contributed by atoms with Gasteiger partial charge in [0.05, 0.1) is 6.04 Å². The maximum absolute atomic E-state index is 5.93. The van der Waals surface area contributed by atoms with Crippen molar-refractivity contribution in [1.29, 1.82) is 0 Å².